The Kier molecular flexibility index (Phi) is 4.47. The van der Waals surface area contributed by atoms with Crippen LogP contribution in [0, 0.1) is 17.0 Å². The first-order valence-corrected chi connectivity index (χ1v) is 5.79. The highest BCUT2D eigenvalue weighted by Crippen LogP contribution is 2.24. The van der Waals surface area contributed by atoms with Gasteiger partial charge in [-0.05, 0) is 40.1 Å². The zero-order chi connectivity index (χ0) is 14.8. The van der Waals surface area contributed by atoms with Crippen LogP contribution in [0.25, 0.3) is 0 Å². The number of benzene rings is 1. The lowest BCUT2D eigenvalue weighted by Crippen LogP contribution is -2.43. The van der Waals surface area contributed by atoms with E-state index in [4.69, 9.17) is 15.9 Å². The Morgan fingerprint density at radius 2 is 1.79 bits per heavy atom. The molecule has 0 aromatic heterocycles. The fourth-order valence-electron chi connectivity index (χ4n) is 1.23. The van der Waals surface area contributed by atoms with Gasteiger partial charge in [-0.3, -0.25) is 5.41 Å². The molecule has 0 heterocycles. The van der Waals surface area contributed by atoms with Gasteiger partial charge in [0.05, 0.1) is 0 Å². The van der Waals surface area contributed by atoms with Crippen molar-refractivity contribution < 1.29 is 13.5 Å². The summed E-state index contributed by atoms with van der Waals surface area (Å²) in [6.07, 6.45) is 0. The molecule has 0 amide bonds. The quantitative estimate of drug-likeness (QED) is 0.635. The molecule has 3 N–H and O–H groups in total. The first-order valence-electron chi connectivity index (χ1n) is 5.79. The Labute approximate surface area is 111 Å². The topological polar surface area (TPSA) is 62.3 Å². The van der Waals surface area contributed by atoms with Gasteiger partial charge < -0.3 is 15.4 Å². The summed E-state index contributed by atoms with van der Waals surface area (Å²) in [6.45, 7) is 3.92. The molecule has 1 rings (SSSR count). The van der Waals surface area contributed by atoms with Crippen LogP contribution in [-0.2, 0) is 0 Å². The fourth-order valence-corrected chi connectivity index (χ4v) is 1.23. The average molecular weight is 271 g/mol. The maximum Gasteiger partial charge on any atom is 0.190 e. The van der Waals surface area contributed by atoms with Crippen molar-refractivity contribution in [3.63, 3.8) is 0 Å². The third kappa shape index (κ3) is 3.64. The van der Waals surface area contributed by atoms with Crippen molar-refractivity contribution in [2.45, 2.75) is 19.4 Å². The van der Waals surface area contributed by atoms with E-state index < -0.39 is 23.2 Å². The number of hydrogen-bond acceptors (Lipinski definition) is 3. The molecule has 0 radical (unpaired) electrons. The first-order chi connectivity index (χ1) is 8.65. The van der Waals surface area contributed by atoms with Crippen molar-refractivity contribution in [2.24, 2.45) is 5.73 Å². The van der Waals surface area contributed by atoms with Crippen LogP contribution in [0.5, 0.6) is 5.75 Å². The molecule has 0 atom stereocenters. The number of hydrogen-bond donors (Lipinski definition) is 2. The van der Waals surface area contributed by atoms with Crippen molar-refractivity contribution >= 4 is 5.84 Å². The number of nitrogens with one attached hydrogen (secondary N) is 1. The molecule has 0 aliphatic rings. The van der Waals surface area contributed by atoms with Gasteiger partial charge in [-0.1, -0.05) is 0 Å². The molecule has 0 aliphatic heterocycles. The normalized spacial score (nSPS) is 11.7. The Bertz CT molecular complexity index is 464. The molecule has 1 aromatic carbocycles. The number of amidine groups is 1. The Hall–Kier alpha value is -1.69. The number of nitrogens with zero attached hydrogens (tertiary/aromatic N) is 1. The van der Waals surface area contributed by atoms with E-state index >= 15 is 0 Å². The van der Waals surface area contributed by atoms with Gasteiger partial charge in [-0.2, -0.15) is 0 Å². The van der Waals surface area contributed by atoms with Crippen LogP contribution >= 0.6 is 0 Å². The minimum Gasteiger partial charge on any atom is -0.486 e. The van der Waals surface area contributed by atoms with Gasteiger partial charge in [0.15, 0.2) is 17.4 Å². The van der Waals surface area contributed by atoms with Gasteiger partial charge in [0.1, 0.15) is 12.4 Å². The summed E-state index contributed by atoms with van der Waals surface area (Å²) >= 11 is 0. The van der Waals surface area contributed by atoms with Crippen LogP contribution in [-0.4, -0.2) is 37.0 Å². The molecular formula is C13H19F2N3O. The minimum absolute atomic E-state index is 0.00535. The average Bonchev–Trinajstić information content (AvgIpc) is 2.27. The SMILES string of the molecule is CN(C)C(C)(C)COc1c(F)cc(C(=N)N)cc1F. The highest BCUT2D eigenvalue weighted by molar-refractivity contribution is 5.95. The maximum atomic E-state index is 13.7. The molecule has 0 bridgehead atoms. The monoisotopic (exact) mass is 271 g/mol. The van der Waals surface area contributed by atoms with Crippen LogP contribution in [0.1, 0.15) is 19.4 Å². The largest absolute Gasteiger partial charge is 0.486 e. The molecule has 19 heavy (non-hydrogen) atoms. The van der Waals surface area contributed by atoms with E-state index in [2.05, 4.69) is 0 Å². The van der Waals surface area contributed by atoms with Crippen LogP contribution < -0.4 is 10.5 Å². The summed E-state index contributed by atoms with van der Waals surface area (Å²) in [5, 5.41) is 7.15. The lowest BCUT2D eigenvalue weighted by atomic mass is 10.1. The molecule has 4 nitrogen and oxygen atoms in total. The van der Waals surface area contributed by atoms with Crippen molar-refractivity contribution in [3.05, 3.63) is 29.3 Å². The van der Waals surface area contributed by atoms with Crippen molar-refractivity contribution in [1.29, 1.82) is 5.41 Å². The third-order valence-electron chi connectivity index (χ3n) is 3.09. The van der Waals surface area contributed by atoms with E-state index in [1.54, 1.807) is 0 Å². The van der Waals surface area contributed by atoms with E-state index in [-0.39, 0.29) is 17.7 Å². The second kappa shape index (κ2) is 5.52. The smallest absolute Gasteiger partial charge is 0.190 e. The van der Waals surface area contributed by atoms with Gasteiger partial charge in [0.2, 0.25) is 0 Å². The number of ether oxygens (including phenoxy) is 1. The van der Waals surface area contributed by atoms with E-state index in [9.17, 15) is 8.78 Å². The number of likely N-dealkylation sites (N-methyl/N-ethyl adjacent to an activating group) is 1. The predicted molar refractivity (Wildman–Crippen MR) is 70.6 cm³/mol. The van der Waals surface area contributed by atoms with Gasteiger partial charge in [-0.15, -0.1) is 0 Å². The Morgan fingerprint density at radius 3 is 2.16 bits per heavy atom. The van der Waals surface area contributed by atoms with E-state index in [0.29, 0.717) is 0 Å². The van der Waals surface area contributed by atoms with E-state index in [1.807, 2.05) is 32.8 Å². The molecule has 0 fully saturated rings. The van der Waals surface area contributed by atoms with Crippen molar-refractivity contribution in [2.75, 3.05) is 20.7 Å². The second-order valence-corrected chi connectivity index (χ2v) is 5.18. The number of nitrogen functional groups attached to an aromatic ring is 1. The summed E-state index contributed by atoms with van der Waals surface area (Å²) < 4.78 is 32.7. The molecule has 0 aliphatic carbocycles. The van der Waals surface area contributed by atoms with Crippen molar-refractivity contribution in [3.8, 4) is 5.75 Å². The van der Waals surface area contributed by atoms with E-state index in [1.165, 1.54) is 0 Å². The number of halogens is 2. The van der Waals surface area contributed by atoms with Crippen LogP contribution in [0.3, 0.4) is 0 Å². The van der Waals surface area contributed by atoms with Crippen LogP contribution in [0.2, 0.25) is 0 Å². The molecule has 1 aromatic rings. The van der Waals surface area contributed by atoms with Crippen LogP contribution in [0.4, 0.5) is 8.78 Å². The zero-order valence-electron chi connectivity index (χ0n) is 11.6. The Morgan fingerprint density at radius 1 is 1.32 bits per heavy atom. The predicted octanol–water partition coefficient (Wildman–Crippen LogP) is 1.97. The van der Waals surface area contributed by atoms with Gasteiger partial charge in [0, 0.05) is 11.1 Å². The van der Waals surface area contributed by atoms with Gasteiger partial charge in [0.25, 0.3) is 0 Å². The molecule has 106 valence electrons. The summed E-state index contributed by atoms with van der Waals surface area (Å²) in [7, 11) is 3.71. The maximum absolute atomic E-state index is 13.7. The molecule has 0 unspecified atom stereocenters. The standard InChI is InChI=1S/C13H19F2N3O/c1-13(2,18(3)4)7-19-11-9(14)5-8(12(16)17)6-10(11)15/h5-6H,7H2,1-4H3,(H3,16,17). The molecule has 0 spiro atoms. The first kappa shape index (κ1) is 15.4. The highest BCUT2D eigenvalue weighted by atomic mass is 19.1. The lowest BCUT2D eigenvalue weighted by molar-refractivity contribution is 0.108. The minimum atomic E-state index is -0.861. The highest BCUT2D eigenvalue weighted by Gasteiger charge is 2.23. The molecular weight excluding hydrogens is 252 g/mol. The summed E-state index contributed by atoms with van der Waals surface area (Å²) in [5.41, 5.74) is 4.82. The summed E-state index contributed by atoms with van der Waals surface area (Å²) in [6, 6.07) is 1.98. The second-order valence-electron chi connectivity index (χ2n) is 5.18. The lowest BCUT2D eigenvalue weighted by Gasteiger charge is -2.32. The third-order valence-corrected chi connectivity index (χ3v) is 3.09. The molecule has 6 heteroatoms. The summed E-state index contributed by atoms with van der Waals surface area (Å²) in [4.78, 5) is 1.90. The number of rotatable bonds is 5. The van der Waals surface area contributed by atoms with Gasteiger partial charge >= 0.3 is 0 Å². The Balaban J connectivity index is 2.94. The fraction of sp³-hybridized carbons (Fsp3) is 0.462. The molecule has 0 saturated heterocycles. The number of nitrogens with two attached hydrogens (primary N) is 1. The van der Waals surface area contributed by atoms with Crippen molar-refractivity contribution in [1.82, 2.24) is 4.90 Å². The summed E-state index contributed by atoms with van der Waals surface area (Å²) in [5.74, 6) is -2.56. The molecule has 0 saturated carbocycles. The van der Waals surface area contributed by atoms with E-state index in [0.717, 1.165) is 12.1 Å². The zero-order valence-corrected chi connectivity index (χ0v) is 11.6. The van der Waals surface area contributed by atoms with Crippen LogP contribution in [0.15, 0.2) is 12.1 Å². The van der Waals surface area contributed by atoms with Gasteiger partial charge in [-0.25, -0.2) is 8.78 Å².